The molecular formula is C19H19N3O3. The highest BCUT2D eigenvalue weighted by atomic mass is 16.5. The fourth-order valence-corrected chi connectivity index (χ4v) is 2.65. The smallest absolute Gasteiger partial charge is 0.257 e. The molecule has 25 heavy (non-hydrogen) atoms. The summed E-state index contributed by atoms with van der Waals surface area (Å²) in [4.78, 5) is 28.8. The third-order valence-electron chi connectivity index (χ3n) is 3.77. The molecular weight excluding hydrogens is 318 g/mol. The van der Waals surface area contributed by atoms with Crippen molar-refractivity contribution in [2.75, 3.05) is 6.61 Å². The van der Waals surface area contributed by atoms with Crippen LogP contribution in [0.5, 0.6) is 5.75 Å². The van der Waals surface area contributed by atoms with Crippen LogP contribution in [0, 0.1) is 0 Å². The van der Waals surface area contributed by atoms with E-state index in [9.17, 15) is 9.59 Å². The van der Waals surface area contributed by atoms with Crippen molar-refractivity contribution < 1.29 is 14.3 Å². The van der Waals surface area contributed by atoms with Crippen LogP contribution in [0.15, 0.2) is 59.6 Å². The maximum absolute atomic E-state index is 12.3. The van der Waals surface area contributed by atoms with E-state index in [-0.39, 0.29) is 24.2 Å². The van der Waals surface area contributed by atoms with Gasteiger partial charge < -0.3 is 4.74 Å². The summed E-state index contributed by atoms with van der Waals surface area (Å²) in [6.07, 6.45) is 0.203. The minimum absolute atomic E-state index is 0.154. The highest BCUT2D eigenvalue weighted by Crippen LogP contribution is 2.31. The zero-order valence-electron chi connectivity index (χ0n) is 13.9. The molecule has 0 aromatic heterocycles. The summed E-state index contributed by atoms with van der Waals surface area (Å²) in [5.74, 6) is 0.330. The van der Waals surface area contributed by atoms with Gasteiger partial charge in [-0.25, -0.2) is 4.99 Å². The molecule has 1 aliphatic heterocycles. The Balaban J connectivity index is 1.83. The van der Waals surface area contributed by atoms with Gasteiger partial charge in [-0.15, -0.1) is 0 Å². The van der Waals surface area contributed by atoms with E-state index in [1.807, 2.05) is 37.3 Å². The average Bonchev–Trinajstić information content (AvgIpc) is 2.62. The maximum Gasteiger partial charge on any atom is 0.257 e. The number of amides is 2. The topological polar surface area (TPSA) is 79.8 Å². The van der Waals surface area contributed by atoms with E-state index >= 15 is 0 Å². The first-order valence-corrected chi connectivity index (χ1v) is 8.13. The van der Waals surface area contributed by atoms with Gasteiger partial charge in [-0.05, 0) is 25.1 Å². The van der Waals surface area contributed by atoms with Gasteiger partial charge in [0.1, 0.15) is 5.75 Å². The van der Waals surface area contributed by atoms with Gasteiger partial charge in [-0.1, -0.05) is 36.4 Å². The summed E-state index contributed by atoms with van der Waals surface area (Å²) >= 11 is 0. The molecule has 0 aliphatic carbocycles. The Labute approximate surface area is 145 Å². The van der Waals surface area contributed by atoms with Crippen molar-refractivity contribution in [3.63, 3.8) is 0 Å². The Kier molecular flexibility index (Phi) is 5.09. The monoisotopic (exact) mass is 337 g/mol. The summed E-state index contributed by atoms with van der Waals surface area (Å²) in [5, 5.41) is 5.26. The Morgan fingerprint density at radius 3 is 2.68 bits per heavy atom. The molecule has 0 saturated carbocycles. The van der Waals surface area contributed by atoms with Gasteiger partial charge in [0.25, 0.3) is 5.91 Å². The van der Waals surface area contributed by atoms with Crippen LogP contribution in [0.1, 0.15) is 35.3 Å². The number of carbonyl (C=O) groups excluding carboxylic acids is 2. The van der Waals surface area contributed by atoms with Gasteiger partial charge in [0, 0.05) is 11.1 Å². The first-order valence-electron chi connectivity index (χ1n) is 8.13. The van der Waals surface area contributed by atoms with E-state index in [2.05, 4.69) is 15.6 Å². The van der Waals surface area contributed by atoms with Crippen LogP contribution < -0.4 is 15.4 Å². The van der Waals surface area contributed by atoms with Gasteiger partial charge >= 0.3 is 0 Å². The van der Waals surface area contributed by atoms with E-state index in [1.165, 1.54) is 0 Å². The zero-order valence-corrected chi connectivity index (χ0v) is 13.9. The molecule has 6 nitrogen and oxygen atoms in total. The zero-order chi connectivity index (χ0) is 17.6. The normalized spacial score (nSPS) is 16.6. The number of hydrogen-bond acceptors (Lipinski definition) is 4. The molecule has 2 aromatic carbocycles. The number of para-hydroxylation sites is 1. The van der Waals surface area contributed by atoms with Gasteiger partial charge in [0.2, 0.25) is 11.9 Å². The van der Waals surface area contributed by atoms with Crippen molar-refractivity contribution in [2.45, 2.75) is 19.4 Å². The molecule has 2 amide bonds. The average molecular weight is 337 g/mol. The quantitative estimate of drug-likeness (QED) is 0.899. The van der Waals surface area contributed by atoms with E-state index < -0.39 is 6.04 Å². The molecule has 2 aromatic rings. The molecule has 1 atom stereocenters. The number of hydrogen-bond donors (Lipinski definition) is 2. The number of nitrogens with one attached hydrogen (secondary N) is 2. The van der Waals surface area contributed by atoms with Crippen molar-refractivity contribution in [1.29, 1.82) is 0 Å². The van der Waals surface area contributed by atoms with Crippen LogP contribution in [0.25, 0.3) is 0 Å². The Morgan fingerprint density at radius 1 is 1.20 bits per heavy atom. The van der Waals surface area contributed by atoms with Gasteiger partial charge in [0.05, 0.1) is 19.1 Å². The van der Waals surface area contributed by atoms with Gasteiger partial charge in [-0.2, -0.15) is 0 Å². The molecule has 0 fully saturated rings. The summed E-state index contributed by atoms with van der Waals surface area (Å²) in [5.41, 5.74) is 1.32. The number of guanidine groups is 1. The Morgan fingerprint density at radius 2 is 1.92 bits per heavy atom. The van der Waals surface area contributed by atoms with Crippen molar-refractivity contribution in [2.24, 2.45) is 4.99 Å². The van der Waals surface area contributed by atoms with E-state index in [4.69, 9.17) is 4.74 Å². The molecule has 0 unspecified atom stereocenters. The highest BCUT2D eigenvalue weighted by molar-refractivity contribution is 6.10. The van der Waals surface area contributed by atoms with Crippen LogP contribution >= 0.6 is 0 Å². The lowest BCUT2D eigenvalue weighted by Gasteiger charge is -2.23. The second kappa shape index (κ2) is 7.61. The molecule has 6 heteroatoms. The predicted molar refractivity (Wildman–Crippen MR) is 94.5 cm³/mol. The van der Waals surface area contributed by atoms with Crippen molar-refractivity contribution in [1.82, 2.24) is 10.6 Å². The van der Waals surface area contributed by atoms with Crippen LogP contribution in [0.3, 0.4) is 0 Å². The van der Waals surface area contributed by atoms with Gasteiger partial charge in [-0.3, -0.25) is 20.2 Å². The van der Waals surface area contributed by atoms with Crippen LogP contribution in [0.2, 0.25) is 0 Å². The Bertz CT molecular complexity index is 803. The third-order valence-corrected chi connectivity index (χ3v) is 3.77. The van der Waals surface area contributed by atoms with E-state index in [0.717, 1.165) is 5.56 Å². The lowest BCUT2D eigenvalue weighted by molar-refractivity contribution is -0.120. The van der Waals surface area contributed by atoms with Crippen molar-refractivity contribution in [3.05, 3.63) is 65.7 Å². The van der Waals surface area contributed by atoms with Crippen molar-refractivity contribution in [3.8, 4) is 5.75 Å². The third kappa shape index (κ3) is 4.03. The molecule has 1 heterocycles. The first kappa shape index (κ1) is 16.7. The molecule has 128 valence electrons. The second-order valence-electron chi connectivity index (χ2n) is 5.54. The predicted octanol–water partition coefficient (Wildman–Crippen LogP) is 2.43. The SMILES string of the molecule is CCOc1ccccc1[C@H]1CC(=O)NC(NC(=O)c2ccccc2)=N1. The molecule has 3 rings (SSSR count). The van der Waals surface area contributed by atoms with E-state index in [1.54, 1.807) is 24.3 Å². The highest BCUT2D eigenvalue weighted by Gasteiger charge is 2.25. The number of aliphatic imine (C=N–C) groups is 1. The number of carbonyl (C=O) groups is 2. The van der Waals surface area contributed by atoms with Gasteiger partial charge in [0.15, 0.2) is 0 Å². The summed E-state index contributed by atoms with van der Waals surface area (Å²) < 4.78 is 5.62. The Hall–Kier alpha value is -3.15. The number of benzene rings is 2. The van der Waals surface area contributed by atoms with E-state index in [0.29, 0.717) is 17.9 Å². The number of rotatable bonds is 4. The second-order valence-corrected chi connectivity index (χ2v) is 5.54. The fraction of sp³-hybridized carbons (Fsp3) is 0.211. The molecule has 1 aliphatic rings. The maximum atomic E-state index is 12.3. The van der Waals surface area contributed by atoms with Crippen molar-refractivity contribution >= 4 is 17.8 Å². The minimum Gasteiger partial charge on any atom is -0.494 e. The molecule has 2 N–H and O–H groups in total. The van der Waals surface area contributed by atoms with Crippen LogP contribution in [0.4, 0.5) is 0 Å². The molecule has 0 saturated heterocycles. The van der Waals surface area contributed by atoms with Crippen LogP contribution in [-0.2, 0) is 4.79 Å². The molecule has 0 radical (unpaired) electrons. The summed E-state index contributed by atoms with van der Waals surface area (Å²) in [6.45, 7) is 2.43. The summed E-state index contributed by atoms with van der Waals surface area (Å²) in [7, 11) is 0. The molecule has 0 bridgehead atoms. The lowest BCUT2D eigenvalue weighted by atomic mass is 10.0. The first-order chi connectivity index (χ1) is 12.2. The molecule has 0 spiro atoms. The minimum atomic E-state index is -0.400. The standard InChI is InChI=1S/C19H19N3O3/c1-2-25-16-11-7-6-10-14(16)15-12-17(23)21-19(20-15)22-18(24)13-8-4-3-5-9-13/h3-11,15H,2,12H2,1H3,(H2,20,21,22,23,24)/t15-/m1/s1. The number of nitrogens with zero attached hydrogens (tertiary/aromatic N) is 1. The fourth-order valence-electron chi connectivity index (χ4n) is 2.65. The lowest BCUT2D eigenvalue weighted by Crippen LogP contribution is -2.47. The largest absolute Gasteiger partial charge is 0.494 e. The summed E-state index contributed by atoms with van der Waals surface area (Å²) in [6, 6.07) is 15.9. The number of ether oxygens (including phenoxy) is 1. The van der Waals surface area contributed by atoms with Crippen LogP contribution in [-0.4, -0.2) is 24.4 Å².